The Labute approximate surface area is 162 Å². The highest BCUT2D eigenvalue weighted by Crippen LogP contribution is 2.42. The minimum Gasteiger partial charge on any atom is -0.355 e. The fraction of sp³-hybridized carbons (Fsp3) is 0.0833. The van der Waals surface area contributed by atoms with Crippen LogP contribution in [0.4, 0.5) is 11.4 Å². The summed E-state index contributed by atoms with van der Waals surface area (Å²) in [5.74, 6) is -0.0246. The van der Waals surface area contributed by atoms with E-state index in [0.29, 0.717) is 11.1 Å². The Balaban J connectivity index is 1.87. The zero-order chi connectivity index (χ0) is 19.4. The lowest BCUT2D eigenvalue weighted by molar-refractivity contribution is 0.104. The van der Waals surface area contributed by atoms with Crippen molar-refractivity contribution >= 4 is 28.1 Å². The van der Waals surface area contributed by atoms with E-state index >= 15 is 0 Å². The summed E-state index contributed by atoms with van der Waals surface area (Å²) in [6, 6.07) is 20.9. The first-order valence-electron chi connectivity index (χ1n) is 9.20. The lowest BCUT2D eigenvalue weighted by Gasteiger charge is -2.24. The third kappa shape index (κ3) is 2.24. The maximum absolute atomic E-state index is 13.5. The number of fused-ring (bicyclic) bond motifs is 2. The molecule has 5 rings (SSSR count). The molecule has 0 spiro atoms. The predicted octanol–water partition coefficient (Wildman–Crippen LogP) is 4.80. The fourth-order valence-electron chi connectivity index (χ4n) is 4.02. The van der Waals surface area contributed by atoms with Crippen molar-refractivity contribution in [2.75, 3.05) is 5.32 Å². The lowest BCUT2D eigenvalue weighted by Crippen LogP contribution is -2.21. The SMILES string of the molecule is Cc1ccccc1Nc1ccc2c3c(cc(=O)n2C)-c2ccccc2C(=O)c13. The second-order valence-corrected chi connectivity index (χ2v) is 7.15. The van der Waals surface area contributed by atoms with Crippen LogP contribution >= 0.6 is 0 Å². The minimum absolute atomic E-state index is 0.0246. The van der Waals surface area contributed by atoms with Gasteiger partial charge in [-0.2, -0.15) is 0 Å². The number of para-hydroxylation sites is 1. The van der Waals surface area contributed by atoms with Crippen LogP contribution in [0.2, 0.25) is 0 Å². The summed E-state index contributed by atoms with van der Waals surface area (Å²) in [4.78, 5) is 26.0. The van der Waals surface area contributed by atoms with E-state index in [-0.39, 0.29) is 11.3 Å². The first-order chi connectivity index (χ1) is 13.6. The number of carbonyl (C=O) groups is 1. The van der Waals surface area contributed by atoms with Crippen LogP contribution in [0, 0.1) is 6.92 Å². The van der Waals surface area contributed by atoms with Gasteiger partial charge >= 0.3 is 0 Å². The van der Waals surface area contributed by atoms with Crippen molar-refractivity contribution in [2.45, 2.75) is 6.92 Å². The van der Waals surface area contributed by atoms with Gasteiger partial charge in [0, 0.05) is 29.8 Å². The van der Waals surface area contributed by atoms with Crippen LogP contribution in [0.3, 0.4) is 0 Å². The van der Waals surface area contributed by atoms with Gasteiger partial charge in [-0.25, -0.2) is 0 Å². The number of rotatable bonds is 2. The molecule has 0 fully saturated rings. The fourth-order valence-corrected chi connectivity index (χ4v) is 4.02. The van der Waals surface area contributed by atoms with Crippen molar-refractivity contribution in [3.05, 3.63) is 93.8 Å². The van der Waals surface area contributed by atoms with Gasteiger partial charge in [-0.05, 0) is 41.8 Å². The topological polar surface area (TPSA) is 51.1 Å². The zero-order valence-corrected chi connectivity index (χ0v) is 15.6. The van der Waals surface area contributed by atoms with E-state index in [4.69, 9.17) is 0 Å². The van der Waals surface area contributed by atoms with Gasteiger partial charge in [0.1, 0.15) is 0 Å². The Morgan fingerprint density at radius 3 is 2.29 bits per heavy atom. The molecular weight excluding hydrogens is 348 g/mol. The van der Waals surface area contributed by atoms with Crippen LogP contribution in [0.5, 0.6) is 0 Å². The van der Waals surface area contributed by atoms with E-state index in [0.717, 1.165) is 39.0 Å². The number of aryl methyl sites for hydroxylation is 2. The molecule has 3 aromatic carbocycles. The zero-order valence-electron chi connectivity index (χ0n) is 15.6. The van der Waals surface area contributed by atoms with Gasteiger partial charge in [0.25, 0.3) is 5.56 Å². The summed E-state index contributed by atoms with van der Waals surface area (Å²) in [5.41, 5.74) is 6.35. The molecule has 0 aliphatic heterocycles. The van der Waals surface area contributed by atoms with Crippen molar-refractivity contribution in [3.63, 3.8) is 0 Å². The second kappa shape index (κ2) is 5.92. The van der Waals surface area contributed by atoms with Crippen molar-refractivity contribution in [1.82, 2.24) is 4.57 Å². The molecule has 136 valence electrons. The lowest BCUT2D eigenvalue weighted by atomic mass is 9.83. The molecule has 4 nitrogen and oxygen atoms in total. The molecule has 0 saturated heterocycles. The predicted molar refractivity (Wildman–Crippen MR) is 113 cm³/mol. The van der Waals surface area contributed by atoms with Gasteiger partial charge < -0.3 is 9.88 Å². The number of carbonyl (C=O) groups excluding carboxylic acids is 1. The molecule has 0 bridgehead atoms. The summed E-state index contributed by atoms with van der Waals surface area (Å²) >= 11 is 0. The van der Waals surface area contributed by atoms with Crippen molar-refractivity contribution in [1.29, 1.82) is 0 Å². The first kappa shape index (κ1) is 16.5. The monoisotopic (exact) mass is 366 g/mol. The van der Waals surface area contributed by atoms with Crippen LogP contribution in [0.1, 0.15) is 21.5 Å². The van der Waals surface area contributed by atoms with Gasteiger partial charge in [-0.3, -0.25) is 9.59 Å². The molecule has 1 aromatic heterocycles. The maximum Gasteiger partial charge on any atom is 0.251 e. The van der Waals surface area contributed by atoms with Gasteiger partial charge in [-0.1, -0.05) is 42.5 Å². The van der Waals surface area contributed by atoms with E-state index in [9.17, 15) is 9.59 Å². The number of nitrogens with zero attached hydrogens (tertiary/aromatic N) is 1. The first-order valence-corrected chi connectivity index (χ1v) is 9.20. The van der Waals surface area contributed by atoms with E-state index in [2.05, 4.69) is 5.32 Å². The average molecular weight is 366 g/mol. The molecule has 1 N–H and O–H groups in total. The van der Waals surface area contributed by atoms with Crippen LogP contribution in [0.25, 0.3) is 22.0 Å². The summed E-state index contributed by atoms with van der Waals surface area (Å²) in [6.45, 7) is 2.03. The van der Waals surface area contributed by atoms with Gasteiger partial charge in [0.05, 0.1) is 16.8 Å². The maximum atomic E-state index is 13.5. The highest BCUT2D eigenvalue weighted by molar-refractivity contribution is 6.28. The highest BCUT2D eigenvalue weighted by Gasteiger charge is 2.29. The van der Waals surface area contributed by atoms with E-state index < -0.39 is 0 Å². The third-order valence-corrected chi connectivity index (χ3v) is 5.52. The summed E-state index contributed by atoms with van der Waals surface area (Å²) in [7, 11) is 1.74. The normalized spacial score (nSPS) is 12.1. The van der Waals surface area contributed by atoms with Crippen LogP contribution < -0.4 is 10.9 Å². The highest BCUT2D eigenvalue weighted by atomic mass is 16.1. The smallest absolute Gasteiger partial charge is 0.251 e. The number of ketones is 1. The van der Waals surface area contributed by atoms with Crippen LogP contribution in [-0.4, -0.2) is 10.4 Å². The quantitative estimate of drug-likeness (QED) is 0.488. The van der Waals surface area contributed by atoms with Gasteiger partial charge in [-0.15, -0.1) is 0 Å². The van der Waals surface area contributed by atoms with E-state index in [1.807, 2.05) is 67.6 Å². The van der Waals surface area contributed by atoms with E-state index in [1.165, 1.54) is 0 Å². The number of nitrogens with one attached hydrogen (secondary N) is 1. The van der Waals surface area contributed by atoms with E-state index in [1.54, 1.807) is 17.7 Å². The molecule has 28 heavy (non-hydrogen) atoms. The molecule has 0 radical (unpaired) electrons. The number of aromatic nitrogens is 1. The Kier molecular flexibility index (Phi) is 3.49. The second-order valence-electron chi connectivity index (χ2n) is 7.15. The Bertz CT molecular complexity index is 1350. The number of hydrogen-bond donors (Lipinski definition) is 1. The largest absolute Gasteiger partial charge is 0.355 e. The average Bonchev–Trinajstić information content (AvgIpc) is 2.71. The molecule has 1 aliphatic carbocycles. The number of pyridine rings is 1. The van der Waals surface area contributed by atoms with Crippen LogP contribution in [-0.2, 0) is 7.05 Å². The standard InChI is InChI=1S/C24H18N2O2/c1-14-7-3-6-10-18(14)25-19-11-12-20-22-17(13-21(27)26(20)2)15-8-4-5-9-16(15)24(28)23(19)22/h3-13,25H,1-2H3. The molecule has 4 heteroatoms. The Hall–Kier alpha value is -3.66. The summed E-state index contributed by atoms with van der Waals surface area (Å²) < 4.78 is 1.60. The van der Waals surface area contributed by atoms with Crippen molar-refractivity contribution in [2.24, 2.45) is 7.05 Å². The minimum atomic E-state index is -0.0859. The van der Waals surface area contributed by atoms with Crippen molar-refractivity contribution < 1.29 is 4.79 Å². The van der Waals surface area contributed by atoms with Crippen LogP contribution in [0.15, 0.2) is 71.5 Å². The van der Waals surface area contributed by atoms with Gasteiger partial charge in [0.15, 0.2) is 5.78 Å². The molecule has 1 heterocycles. The molecule has 0 unspecified atom stereocenters. The summed E-state index contributed by atoms with van der Waals surface area (Å²) in [5, 5.41) is 4.26. The molecule has 0 amide bonds. The number of anilines is 2. The third-order valence-electron chi connectivity index (χ3n) is 5.52. The van der Waals surface area contributed by atoms with Crippen molar-refractivity contribution in [3.8, 4) is 11.1 Å². The molecule has 1 aliphatic rings. The number of benzene rings is 3. The molecule has 4 aromatic rings. The molecule has 0 atom stereocenters. The Morgan fingerprint density at radius 2 is 1.50 bits per heavy atom. The molecule has 0 saturated carbocycles. The Morgan fingerprint density at radius 1 is 0.786 bits per heavy atom. The van der Waals surface area contributed by atoms with Gasteiger partial charge in [0.2, 0.25) is 0 Å². The molecular formula is C24H18N2O2. The number of hydrogen-bond acceptors (Lipinski definition) is 3. The summed E-state index contributed by atoms with van der Waals surface area (Å²) in [6.07, 6.45) is 0.